The summed E-state index contributed by atoms with van der Waals surface area (Å²) >= 11 is 0. The molecule has 3 rings (SSSR count). The topological polar surface area (TPSA) is 12.5 Å². The van der Waals surface area contributed by atoms with Crippen LogP contribution >= 0.6 is 0 Å². The lowest BCUT2D eigenvalue weighted by molar-refractivity contribution is 0.305. The van der Waals surface area contributed by atoms with Crippen LogP contribution in [0.1, 0.15) is 45.4 Å². The van der Waals surface area contributed by atoms with Crippen LogP contribution in [0.2, 0.25) is 0 Å². The highest BCUT2D eigenvalue weighted by atomic mass is 16.5. The van der Waals surface area contributed by atoms with Gasteiger partial charge in [-0.2, -0.15) is 0 Å². The third-order valence-corrected chi connectivity index (χ3v) is 5.46. The second kappa shape index (κ2) is 11.4. The highest BCUT2D eigenvalue weighted by molar-refractivity contribution is 5.76. The van der Waals surface area contributed by atoms with Crippen LogP contribution < -0.4 is 9.64 Å². The van der Waals surface area contributed by atoms with Crippen molar-refractivity contribution < 1.29 is 4.74 Å². The highest BCUT2D eigenvalue weighted by Gasteiger charge is 2.08. The number of unbranched alkanes of at least 4 members (excludes halogenated alkanes) is 5. The molecular weight excluding hydrogens is 366 g/mol. The predicted octanol–water partition coefficient (Wildman–Crippen LogP) is 7.63. The molecule has 0 saturated heterocycles. The smallest absolute Gasteiger partial charge is 0.127 e. The van der Waals surface area contributed by atoms with Crippen molar-refractivity contribution in [1.29, 1.82) is 0 Å². The molecule has 2 heteroatoms. The summed E-state index contributed by atoms with van der Waals surface area (Å²) in [5.41, 5.74) is 5.84. The van der Waals surface area contributed by atoms with Gasteiger partial charge in [-0.05, 0) is 65.6 Å². The molecule has 0 bridgehead atoms. The molecule has 0 aromatic heterocycles. The summed E-state index contributed by atoms with van der Waals surface area (Å²) in [6.07, 6.45) is 7.64. The molecule has 30 heavy (non-hydrogen) atoms. The standard InChI is InChI=1S/C28H34NO/c1-4-5-6-7-8-11-21-30-28-16-10-9-15-27(28)25-14-12-13-24(22-25)23-17-19-26(20-18-23)29(2)3/h9-10,13-20,22H,4-8,11,21H2,1-3H3. The molecular formula is C28H34NO. The molecule has 3 aromatic carbocycles. The number of anilines is 1. The monoisotopic (exact) mass is 400 g/mol. The summed E-state index contributed by atoms with van der Waals surface area (Å²) in [7, 11) is 4.12. The van der Waals surface area contributed by atoms with Gasteiger partial charge in [0.15, 0.2) is 0 Å². The summed E-state index contributed by atoms with van der Waals surface area (Å²) in [4.78, 5) is 2.11. The van der Waals surface area contributed by atoms with Crippen LogP contribution in [0.5, 0.6) is 5.75 Å². The van der Waals surface area contributed by atoms with Crippen molar-refractivity contribution in [2.75, 3.05) is 25.6 Å². The molecule has 0 aliphatic carbocycles. The zero-order chi connectivity index (χ0) is 21.2. The zero-order valence-electron chi connectivity index (χ0n) is 18.7. The molecule has 0 N–H and O–H groups in total. The maximum Gasteiger partial charge on any atom is 0.127 e. The predicted molar refractivity (Wildman–Crippen MR) is 129 cm³/mol. The Labute approximate surface area is 182 Å². The molecule has 0 unspecified atom stereocenters. The van der Waals surface area contributed by atoms with Crippen LogP contribution in [0, 0.1) is 6.07 Å². The SMILES string of the molecule is CCCCCCCCOc1ccccc1-c1c[c]cc(-c2ccc(N(C)C)cc2)c1. The third-order valence-electron chi connectivity index (χ3n) is 5.46. The average molecular weight is 401 g/mol. The van der Waals surface area contributed by atoms with E-state index >= 15 is 0 Å². The molecule has 0 saturated carbocycles. The Balaban J connectivity index is 1.69. The molecule has 0 amide bonds. The lowest BCUT2D eigenvalue weighted by atomic mass is 9.98. The molecule has 0 atom stereocenters. The van der Waals surface area contributed by atoms with Crippen molar-refractivity contribution in [1.82, 2.24) is 0 Å². The van der Waals surface area contributed by atoms with Gasteiger partial charge in [-0.25, -0.2) is 0 Å². The van der Waals surface area contributed by atoms with Gasteiger partial charge in [0.25, 0.3) is 0 Å². The zero-order valence-corrected chi connectivity index (χ0v) is 18.7. The Morgan fingerprint density at radius 3 is 2.23 bits per heavy atom. The Morgan fingerprint density at radius 2 is 1.47 bits per heavy atom. The summed E-state index contributed by atoms with van der Waals surface area (Å²) < 4.78 is 6.17. The first kappa shape index (κ1) is 22.0. The lowest BCUT2D eigenvalue weighted by Gasteiger charge is -2.14. The van der Waals surface area contributed by atoms with E-state index in [9.17, 15) is 0 Å². The van der Waals surface area contributed by atoms with E-state index in [0.29, 0.717) is 0 Å². The second-order valence-corrected chi connectivity index (χ2v) is 8.06. The Bertz CT molecular complexity index is 899. The fourth-order valence-corrected chi connectivity index (χ4v) is 3.64. The quantitative estimate of drug-likeness (QED) is 0.307. The Kier molecular flexibility index (Phi) is 8.38. The van der Waals surface area contributed by atoms with Crippen LogP contribution in [0.3, 0.4) is 0 Å². The van der Waals surface area contributed by atoms with Gasteiger partial charge in [0, 0.05) is 25.3 Å². The summed E-state index contributed by atoms with van der Waals surface area (Å²) in [5, 5.41) is 0. The minimum atomic E-state index is 0.776. The van der Waals surface area contributed by atoms with Gasteiger partial charge < -0.3 is 9.64 Å². The van der Waals surface area contributed by atoms with Crippen LogP contribution in [-0.2, 0) is 0 Å². The van der Waals surface area contributed by atoms with Crippen molar-refractivity contribution in [2.24, 2.45) is 0 Å². The number of benzene rings is 3. The number of hydrogen-bond acceptors (Lipinski definition) is 2. The molecule has 0 spiro atoms. The van der Waals surface area contributed by atoms with Crippen LogP contribution in [0.4, 0.5) is 5.69 Å². The minimum absolute atomic E-state index is 0.776. The largest absolute Gasteiger partial charge is 0.493 e. The molecule has 0 fully saturated rings. The van der Waals surface area contributed by atoms with Crippen LogP contribution in [0.15, 0.2) is 66.7 Å². The number of para-hydroxylation sites is 1. The van der Waals surface area contributed by atoms with Crippen molar-refractivity contribution >= 4 is 5.69 Å². The van der Waals surface area contributed by atoms with Crippen molar-refractivity contribution in [3.05, 3.63) is 72.8 Å². The van der Waals surface area contributed by atoms with E-state index in [2.05, 4.69) is 80.5 Å². The molecule has 0 aliphatic heterocycles. The number of nitrogens with zero attached hydrogens (tertiary/aromatic N) is 1. The highest BCUT2D eigenvalue weighted by Crippen LogP contribution is 2.33. The van der Waals surface area contributed by atoms with Gasteiger partial charge in [0.1, 0.15) is 5.75 Å². The van der Waals surface area contributed by atoms with Gasteiger partial charge in [-0.3, -0.25) is 0 Å². The molecule has 0 aliphatic rings. The minimum Gasteiger partial charge on any atom is -0.493 e. The molecule has 1 radical (unpaired) electrons. The summed E-state index contributed by atoms with van der Waals surface area (Å²) in [6.45, 7) is 3.03. The first-order valence-electron chi connectivity index (χ1n) is 11.2. The van der Waals surface area contributed by atoms with E-state index in [-0.39, 0.29) is 0 Å². The fraction of sp³-hybridized carbons (Fsp3) is 0.357. The van der Waals surface area contributed by atoms with E-state index in [1.54, 1.807) is 0 Å². The van der Waals surface area contributed by atoms with Gasteiger partial charge >= 0.3 is 0 Å². The van der Waals surface area contributed by atoms with Crippen molar-refractivity contribution in [3.63, 3.8) is 0 Å². The third kappa shape index (κ3) is 6.13. The fourth-order valence-electron chi connectivity index (χ4n) is 3.64. The van der Waals surface area contributed by atoms with E-state index < -0.39 is 0 Å². The molecule has 0 heterocycles. The number of ether oxygens (including phenoxy) is 1. The Morgan fingerprint density at radius 1 is 0.767 bits per heavy atom. The number of rotatable bonds is 11. The Hall–Kier alpha value is -2.74. The van der Waals surface area contributed by atoms with Gasteiger partial charge in [-0.1, -0.05) is 69.4 Å². The first-order valence-corrected chi connectivity index (χ1v) is 11.2. The van der Waals surface area contributed by atoms with Gasteiger partial charge in [-0.15, -0.1) is 0 Å². The summed E-state index contributed by atoms with van der Waals surface area (Å²) in [6, 6.07) is 26.6. The average Bonchev–Trinajstić information content (AvgIpc) is 2.79. The van der Waals surface area contributed by atoms with Crippen molar-refractivity contribution in [3.8, 4) is 28.0 Å². The van der Waals surface area contributed by atoms with Crippen LogP contribution in [0.25, 0.3) is 22.3 Å². The maximum atomic E-state index is 6.17. The van der Waals surface area contributed by atoms with Gasteiger partial charge in [0.05, 0.1) is 6.61 Å². The summed E-state index contributed by atoms with van der Waals surface area (Å²) in [5.74, 6) is 0.958. The van der Waals surface area contributed by atoms with Crippen molar-refractivity contribution in [2.45, 2.75) is 45.4 Å². The second-order valence-electron chi connectivity index (χ2n) is 8.06. The number of hydrogen-bond donors (Lipinski definition) is 0. The van der Waals surface area contributed by atoms with E-state index in [1.807, 2.05) is 18.2 Å². The van der Waals surface area contributed by atoms with E-state index in [1.165, 1.54) is 48.9 Å². The normalized spacial score (nSPS) is 10.8. The molecule has 3 aromatic rings. The van der Waals surface area contributed by atoms with E-state index in [0.717, 1.165) is 29.9 Å². The van der Waals surface area contributed by atoms with Gasteiger partial charge in [0.2, 0.25) is 0 Å². The van der Waals surface area contributed by atoms with E-state index in [4.69, 9.17) is 4.74 Å². The first-order chi connectivity index (χ1) is 14.7. The molecule has 2 nitrogen and oxygen atoms in total. The van der Waals surface area contributed by atoms with Crippen LogP contribution in [-0.4, -0.2) is 20.7 Å². The maximum absolute atomic E-state index is 6.17. The lowest BCUT2D eigenvalue weighted by Crippen LogP contribution is -2.07. The molecule has 157 valence electrons.